The summed E-state index contributed by atoms with van der Waals surface area (Å²) in [6.07, 6.45) is 2.77. The number of aromatic nitrogens is 2. The van der Waals surface area contributed by atoms with Gasteiger partial charge in [0, 0.05) is 30.1 Å². The average molecular weight is 404 g/mol. The lowest BCUT2D eigenvalue weighted by atomic mass is 10.2. The van der Waals surface area contributed by atoms with E-state index in [0.717, 1.165) is 36.2 Å². The van der Waals surface area contributed by atoms with E-state index in [0.29, 0.717) is 17.1 Å². The fourth-order valence-corrected chi connectivity index (χ4v) is 3.59. The first-order valence-corrected chi connectivity index (χ1v) is 9.98. The molecule has 0 bridgehead atoms. The highest BCUT2D eigenvalue weighted by Crippen LogP contribution is 2.28. The summed E-state index contributed by atoms with van der Waals surface area (Å²) in [7, 11) is 1.55. The largest absolute Gasteiger partial charge is 0.484 e. The molecule has 0 fully saturated rings. The van der Waals surface area contributed by atoms with Gasteiger partial charge in [0.25, 0.3) is 11.8 Å². The van der Waals surface area contributed by atoms with Crippen LogP contribution in [0.3, 0.4) is 0 Å². The molecule has 2 amide bonds. The highest BCUT2D eigenvalue weighted by molar-refractivity contribution is 6.04. The van der Waals surface area contributed by atoms with Gasteiger partial charge >= 0.3 is 0 Å². The van der Waals surface area contributed by atoms with Crippen molar-refractivity contribution < 1.29 is 14.3 Å². The molecule has 7 nitrogen and oxygen atoms in total. The van der Waals surface area contributed by atoms with Crippen molar-refractivity contribution in [1.82, 2.24) is 15.1 Å². The second kappa shape index (κ2) is 8.41. The number of rotatable bonds is 6. The number of carbonyl (C=O) groups excluding carboxylic acids is 2. The first-order chi connectivity index (χ1) is 14.5. The highest BCUT2D eigenvalue weighted by Gasteiger charge is 2.27. The summed E-state index contributed by atoms with van der Waals surface area (Å²) in [5.41, 5.74) is 5.30. The molecule has 1 aliphatic rings. The molecule has 0 atom stereocenters. The number of likely N-dealkylation sites (N-methyl/N-ethyl adjacent to an activating group) is 1. The number of hydrogen-bond acceptors (Lipinski definition) is 4. The van der Waals surface area contributed by atoms with Crippen LogP contribution >= 0.6 is 0 Å². The molecule has 0 radical (unpaired) electrons. The molecule has 30 heavy (non-hydrogen) atoms. The van der Waals surface area contributed by atoms with Crippen molar-refractivity contribution >= 4 is 17.5 Å². The molecule has 1 aromatic heterocycles. The lowest BCUT2D eigenvalue weighted by Gasteiger charge is -2.08. The molecular formula is C23H24N4O3. The first kappa shape index (κ1) is 19.7. The zero-order valence-electron chi connectivity index (χ0n) is 17.1. The van der Waals surface area contributed by atoms with E-state index in [-0.39, 0.29) is 18.4 Å². The number of benzene rings is 2. The molecule has 0 aliphatic heterocycles. The van der Waals surface area contributed by atoms with Gasteiger partial charge in [0.15, 0.2) is 12.3 Å². The predicted molar refractivity (Wildman–Crippen MR) is 114 cm³/mol. The Morgan fingerprint density at radius 3 is 2.70 bits per heavy atom. The molecule has 0 unspecified atom stereocenters. The Morgan fingerprint density at radius 1 is 1.13 bits per heavy atom. The number of carbonyl (C=O) groups is 2. The summed E-state index contributed by atoms with van der Waals surface area (Å²) in [4.78, 5) is 24.4. The Hall–Kier alpha value is -3.61. The molecule has 0 saturated carbocycles. The van der Waals surface area contributed by atoms with Gasteiger partial charge in [-0.2, -0.15) is 5.10 Å². The van der Waals surface area contributed by atoms with Gasteiger partial charge in [-0.1, -0.05) is 23.8 Å². The molecule has 0 saturated heterocycles. The molecule has 1 aliphatic carbocycles. The maximum atomic E-state index is 13.0. The summed E-state index contributed by atoms with van der Waals surface area (Å²) in [6.45, 7) is 1.96. The number of nitrogens with zero attached hydrogens (tertiary/aromatic N) is 2. The van der Waals surface area contributed by atoms with Crippen molar-refractivity contribution in [3.05, 3.63) is 71.0 Å². The monoisotopic (exact) mass is 404 g/mol. The van der Waals surface area contributed by atoms with Gasteiger partial charge in [-0.15, -0.1) is 0 Å². The quantitative estimate of drug-likeness (QED) is 0.661. The molecule has 154 valence electrons. The molecule has 1 heterocycles. The van der Waals surface area contributed by atoms with E-state index >= 15 is 0 Å². The molecule has 7 heteroatoms. The average Bonchev–Trinajstić information content (AvgIpc) is 3.36. The SMILES string of the molecule is CNC(=O)COc1cccc(NC(=O)c2nn(-c3ccc(C)cc3)c3c2CCC3)c1. The van der Waals surface area contributed by atoms with Crippen LogP contribution in [-0.4, -0.2) is 35.2 Å². The molecule has 2 aromatic carbocycles. The highest BCUT2D eigenvalue weighted by atomic mass is 16.5. The second-order valence-electron chi connectivity index (χ2n) is 7.32. The minimum atomic E-state index is -0.248. The molecule has 2 N–H and O–H groups in total. The van der Waals surface area contributed by atoms with Crippen LogP contribution in [0.2, 0.25) is 0 Å². The van der Waals surface area contributed by atoms with Gasteiger partial charge in [-0.3, -0.25) is 9.59 Å². The molecule has 3 aromatic rings. The lowest BCUT2D eigenvalue weighted by Crippen LogP contribution is -2.24. The van der Waals surface area contributed by atoms with Crippen LogP contribution in [0.1, 0.15) is 33.7 Å². The summed E-state index contributed by atoms with van der Waals surface area (Å²) in [5, 5.41) is 10.1. The van der Waals surface area contributed by atoms with Crippen molar-refractivity contribution in [3.63, 3.8) is 0 Å². The van der Waals surface area contributed by atoms with Gasteiger partial charge < -0.3 is 15.4 Å². The Labute approximate surface area is 175 Å². The van der Waals surface area contributed by atoms with Crippen molar-refractivity contribution in [2.75, 3.05) is 19.0 Å². The number of amides is 2. The van der Waals surface area contributed by atoms with Gasteiger partial charge in [0.2, 0.25) is 0 Å². The van der Waals surface area contributed by atoms with Crippen LogP contribution in [0.15, 0.2) is 48.5 Å². The third-order valence-corrected chi connectivity index (χ3v) is 5.16. The Balaban J connectivity index is 1.55. The summed E-state index contributed by atoms with van der Waals surface area (Å²) < 4.78 is 7.34. The van der Waals surface area contributed by atoms with Gasteiger partial charge in [0.05, 0.1) is 5.69 Å². The van der Waals surface area contributed by atoms with Crippen molar-refractivity contribution in [2.24, 2.45) is 0 Å². The van der Waals surface area contributed by atoms with Crippen LogP contribution in [0.4, 0.5) is 5.69 Å². The fraction of sp³-hybridized carbons (Fsp3) is 0.261. The van der Waals surface area contributed by atoms with Crippen LogP contribution in [-0.2, 0) is 17.6 Å². The number of hydrogen-bond donors (Lipinski definition) is 2. The maximum absolute atomic E-state index is 13.0. The van der Waals surface area contributed by atoms with Crippen LogP contribution in [0.25, 0.3) is 5.69 Å². The third-order valence-electron chi connectivity index (χ3n) is 5.16. The van der Waals surface area contributed by atoms with Crippen molar-refractivity contribution in [3.8, 4) is 11.4 Å². The Kier molecular flexibility index (Phi) is 5.52. The van der Waals surface area contributed by atoms with Crippen molar-refractivity contribution in [2.45, 2.75) is 26.2 Å². The fourth-order valence-electron chi connectivity index (χ4n) is 3.59. The number of fused-ring (bicyclic) bond motifs is 1. The minimum absolute atomic E-state index is 0.0810. The third kappa shape index (κ3) is 4.05. The Morgan fingerprint density at radius 2 is 1.93 bits per heavy atom. The summed E-state index contributed by atoms with van der Waals surface area (Å²) in [5.74, 6) is 0.0379. The number of aryl methyl sites for hydroxylation is 1. The number of nitrogens with one attached hydrogen (secondary N) is 2. The number of ether oxygens (including phenoxy) is 1. The first-order valence-electron chi connectivity index (χ1n) is 9.98. The van der Waals surface area contributed by atoms with E-state index in [2.05, 4.69) is 15.7 Å². The topological polar surface area (TPSA) is 85.2 Å². The standard InChI is InChI=1S/C23H24N4O3/c1-15-9-11-17(12-10-15)27-20-8-4-7-19(20)22(26-27)23(29)25-16-5-3-6-18(13-16)30-14-21(28)24-2/h3,5-6,9-13H,4,7-8,14H2,1-2H3,(H,24,28)(H,25,29). The Bertz CT molecular complexity index is 1090. The zero-order valence-corrected chi connectivity index (χ0v) is 17.1. The van der Waals surface area contributed by atoms with Crippen molar-refractivity contribution in [1.29, 1.82) is 0 Å². The van der Waals surface area contributed by atoms with Crippen LogP contribution in [0.5, 0.6) is 5.75 Å². The normalized spacial score (nSPS) is 12.3. The summed E-state index contributed by atoms with van der Waals surface area (Å²) >= 11 is 0. The predicted octanol–water partition coefficient (Wildman–Crippen LogP) is 3.05. The lowest BCUT2D eigenvalue weighted by molar-refractivity contribution is -0.122. The van der Waals surface area contributed by atoms with E-state index in [1.807, 2.05) is 35.9 Å². The second-order valence-corrected chi connectivity index (χ2v) is 7.32. The van der Waals surface area contributed by atoms with Gasteiger partial charge in [-0.25, -0.2) is 4.68 Å². The van der Waals surface area contributed by atoms with E-state index < -0.39 is 0 Å². The molecule has 0 spiro atoms. The minimum Gasteiger partial charge on any atom is -0.484 e. The smallest absolute Gasteiger partial charge is 0.276 e. The maximum Gasteiger partial charge on any atom is 0.276 e. The zero-order chi connectivity index (χ0) is 21.1. The van der Waals surface area contributed by atoms with E-state index in [4.69, 9.17) is 4.74 Å². The molecular weight excluding hydrogens is 380 g/mol. The van der Waals surface area contributed by atoms with Gasteiger partial charge in [0.1, 0.15) is 5.75 Å². The van der Waals surface area contributed by atoms with E-state index in [9.17, 15) is 9.59 Å². The van der Waals surface area contributed by atoms with E-state index in [1.165, 1.54) is 5.56 Å². The van der Waals surface area contributed by atoms with Gasteiger partial charge in [-0.05, 0) is 50.5 Å². The molecule has 4 rings (SSSR count). The van der Waals surface area contributed by atoms with Crippen LogP contribution in [0, 0.1) is 6.92 Å². The van der Waals surface area contributed by atoms with E-state index in [1.54, 1.807) is 31.3 Å². The number of anilines is 1. The summed E-state index contributed by atoms with van der Waals surface area (Å²) in [6, 6.07) is 15.1. The van der Waals surface area contributed by atoms with Crippen LogP contribution < -0.4 is 15.4 Å².